The van der Waals surface area contributed by atoms with Crippen LogP contribution in [-0.2, 0) is 4.79 Å². The first kappa shape index (κ1) is 16.5. The van der Waals surface area contributed by atoms with E-state index >= 15 is 0 Å². The van der Waals surface area contributed by atoms with E-state index in [-0.39, 0.29) is 20.7 Å². The van der Waals surface area contributed by atoms with Crippen LogP contribution in [0.25, 0.3) is 6.08 Å². The highest BCUT2D eigenvalue weighted by Crippen LogP contribution is 2.66. The monoisotopic (exact) mass is 352 g/mol. The molecule has 0 amide bonds. The Bertz CT molecular complexity index is 627. The average Bonchev–Trinajstić information content (AvgIpc) is 2.64. The Hall–Kier alpha value is -0.920. The van der Waals surface area contributed by atoms with Crippen LogP contribution in [-0.4, -0.2) is 26.8 Å². The molecule has 0 unspecified atom stereocenters. The van der Waals surface area contributed by atoms with E-state index in [1.807, 2.05) is 6.92 Å². The molecular formula is C13H14Cl2O5S. The topological polar surface area (TPSA) is 87.0 Å². The van der Waals surface area contributed by atoms with E-state index in [1.54, 1.807) is 6.08 Å². The lowest BCUT2D eigenvalue weighted by atomic mass is 10.2. The Balaban J connectivity index is 2.48. The first-order valence-corrected chi connectivity index (χ1v) is 8.44. The molecular weight excluding hydrogens is 339 g/mol. The van der Waals surface area contributed by atoms with Crippen molar-refractivity contribution in [1.29, 1.82) is 0 Å². The Morgan fingerprint density at radius 2 is 2.00 bits per heavy atom. The second-order valence-corrected chi connectivity index (χ2v) is 7.30. The number of hydrogen-bond acceptors (Lipinski definition) is 4. The van der Waals surface area contributed by atoms with Crippen LogP contribution in [0, 0.1) is 0 Å². The Labute approximate surface area is 133 Å². The smallest absolute Gasteiger partial charge is 0.341 e. The summed E-state index contributed by atoms with van der Waals surface area (Å²) in [5.74, 6) is -1.04. The summed E-state index contributed by atoms with van der Waals surface area (Å²) in [6.07, 6.45) is 2.92. The predicted octanol–water partition coefficient (Wildman–Crippen LogP) is 4.72. The van der Waals surface area contributed by atoms with Crippen molar-refractivity contribution in [3.05, 3.63) is 26.6 Å². The number of halogens is 2. The zero-order chi connectivity index (χ0) is 15.8. The van der Waals surface area contributed by atoms with Crippen LogP contribution in [0.4, 0.5) is 0 Å². The lowest BCUT2D eigenvalue weighted by Crippen LogP contribution is -2.10. The molecule has 0 saturated heterocycles. The molecule has 1 aromatic rings. The van der Waals surface area contributed by atoms with Gasteiger partial charge in [0, 0.05) is 10.5 Å². The molecule has 0 fully saturated rings. The van der Waals surface area contributed by atoms with Crippen LogP contribution in [0.2, 0.25) is 10.0 Å². The average molecular weight is 353 g/mol. The second-order valence-electron chi connectivity index (χ2n) is 4.51. The van der Waals surface area contributed by atoms with Gasteiger partial charge in [-0.25, -0.2) is 4.79 Å². The highest BCUT2D eigenvalue weighted by atomic mass is 35.5. The van der Waals surface area contributed by atoms with Crippen molar-refractivity contribution in [2.45, 2.75) is 24.7 Å². The van der Waals surface area contributed by atoms with Gasteiger partial charge in [-0.15, -0.1) is 10.6 Å². The van der Waals surface area contributed by atoms with Crippen molar-refractivity contribution >= 4 is 45.8 Å². The number of benzene rings is 1. The molecule has 0 spiro atoms. The van der Waals surface area contributed by atoms with E-state index in [0.29, 0.717) is 16.9 Å². The SMILES string of the molecule is CCCC1=Cc2cc(OCC(=O)O)c(Cl)c(Cl)c2S1(O)O. The molecule has 1 aliphatic rings. The second kappa shape index (κ2) is 6.06. The van der Waals surface area contributed by atoms with Gasteiger partial charge in [0.05, 0.1) is 9.92 Å². The minimum Gasteiger partial charge on any atom is -0.480 e. The van der Waals surface area contributed by atoms with Crippen LogP contribution in [0.3, 0.4) is 0 Å². The summed E-state index contributed by atoms with van der Waals surface area (Å²) in [5, 5.41) is 8.59. The van der Waals surface area contributed by atoms with Crippen molar-refractivity contribution in [2.75, 3.05) is 6.61 Å². The number of carbonyl (C=O) groups is 1. The van der Waals surface area contributed by atoms with E-state index in [2.05, 4.69) is 0 Å². The normalized spacial score (nSPS) is 17.1. The Morgan fingerprint density at radius 3 is 2.57 bits per heavy atom. The van der Waals surface area contributed by atoms with E-state index in [0.717, 1.165) is 6.42 Å². The number of ether oxygens (including phenoxy) is 1. The summed E-state index contributed by atoms with van der Waals surface area (Å²) in [7, 11) is -3.14. The Morgan fingerprint density at radius 1 is 1.33 bits per heavy atom. The summed E-state index contributed by atoms with van der Waals surface area (Å²) in [5.41, 5.74) is 0.494. The molecule has 0 radical (unpaired) electrons. The molecule has 1 heterocycles. The standard InChI is InChI=1S/C13H14Cl2O5S/c1-2-3-8-4-7-5-9(20-6-10(16)17)11(14)12(15)13(7)21(8,18)19/h4-5,18-19H,2-3,6H2,1H3,(H,16,17). The predicted molar refractivity (Wildman–Crippen MR) is 83.6 cm³/mol. The van der Waals surface area contributed by atoms with Gasteiger partial charge in [-0.3, -0.25) is 9.11 Å². The molecule has 0 bridgehead atoms. The zero-order valence-electron chi connectivity index (χ0n) is 11.1. The van der Waals surface area contributed by atoms with Crippen LogP contribution in [0.1, 0.15) is 25.3 Å². The highest BCUT2D eigenvalue weighted by Gasteiger charge is 2.34. The molecule has 1 aliphatic heterocycles. The van der Waals surface area contributed by atoms with Gasteiger partial charge in [-0.2, -0.15) is 0 Å². The fourth-order valence-electron chi connectivity index (χ4n) is 2.09. The van der Waals surface area contributed by atoms with Gasteiger partial charge in [-0.05, 0) is 18.6 Å². The van der Waals surface area contributed by atoms with Gasteiger partial charge in [0.1, 0.15) is 10.8 Å². The maximum Gasteiger partial charge on any atom is 0.341 e. The van der Waals surface area contributed by atoms with Crippen LogP contribution in [0.15, 0.2) is 15.9 Å². The number of fused-ring (bicyclic) bond motifs is 1. The molecule has 2 rings (SSSR count). The molecule has 0 aliphatic carbocycles. The maximum atomic E-state index is 10.6. The number of carboxylic acids is 1. The van der Waals surface area contributed by atoms with E-state index in [4.69, 9.17) is 33.0 Å². The summed E-state index contributed by atoms with van der Waals surface area (Å²) in [6.45, 7) is 1.37. The Kier molecular flexibility index (Phi) is 4.75. The van der Waals surface area contributed by atoms with Crippen molar-refractivity contribution < 1.29 is 23.7 Å². The largest absolute Gasteiger partial charge is 0.480 e. The third-order valence-electron chi connectivity index (χ3n) is 2.97. The lowest BCUT2D eigenvalue weighted by molar-refractivity contribution is -0.139. The molecule has 0 aromatic heterocycles. The number of carboxylic acid groups (broad SMARTS) is 1. The number of rotatable bonds is 5. The van der Waals surface area contributed by atoms with Crippen molar-refractivity contribution in [1.82, 2.24) is 0 Å². The molecule has 21 heavy (non-hydrogen) atoms. The van der Waals surface area contributed by atoms with Gasteiger partial charge in [0.2, 0.25) is 0 Å². The van der Waals surface area contributed by atoms with E-state index in [9.17, 15) is 13.9 Å². The molecule has 5 nitrogen and oxygen atoms in total. The lowest BCUT2D eigenvalue weighted by Gasteiger charge is -2.32. The first-order chi connectivity index (χ1) is 9.78. The molecule has 1 aromatic carbocycles. The number of allylic oxidation sites excluding steroid dienone is 1. The fraction of sp³-hybridized carbons (Fsp3) is 0.308. The van der Waals surface area contributed by atoms with Gasteiger partial charge in [0.15, 0.2) is 6.61 Å². The molecule has 116 valence electrons. The molecule has 3 N–H and O–H groups in total. The summed E-state index contributed by atoms with van der Waals surface area (Å²) >= 11 is 12.1. The van der Waals surface area contributed by atoms with Gasteiger partial charge >= 0.3 is 5.97 Å². The minimum absolute atomic E-state index is 0.0168. The van der Waals surface area contributed by atoms with Gasteiger partial charge in [-0.1, -0.05) is 36.5 Å². The van der Waals surface area contributed by atoms with Crippen LogP contribution < -0.4 is 4.74 Å². The highest BCUT2D eigenvalue weighted by molar-refractivity contribution is 8.28. The molecule has 0 saturated carbocycles. The summed E-state index contributed by atoms with van der Waals surface area (Å²) in [6, 6.07) is 1.48. The van der Waals surface area contributed by atoms with E-state index in [1.165, 1.54) is 6.07 Å². The fourth-order valence-corrected chi connectivity index (χ4v) is 4.72. The first-order valence-electron chi connectivity index (χ1n) is 6.14. The van der Waals surface area contributed by atoms with Crippen molar-refractivity contribution in [3.8, 4) is 5.75 Å². The van der Waals surface area contributed by atoms with Crippen LogP contribution in [0.5, 0.6) is 5.75 Å². The minimum atomic E-state index is -3.14. The molecule has 0 atom stereocenters. The van der Waals surface area contributed by atoms with Crippen LogP contribution >= 0.6 is 33.8 Å². The summed E-state index contributed by atoms with van der Waals surface area (Å²) < 4.78 is 25.8. The van der Waals surface area contributed by atoms with Crippen molar-refractivity contribution in [2.24, 2.45) is 0 Å². The summed E-state index contributed by atoms with van der Waals surface area (Å²) in [4.78, 5) is 11.2. The van der Waals surface area contributed by atoms with Gasteiger partial charge in [0.25, 0.3) is 0 Å². The number of hydrogen-bond donors (Lipinski definition) is 3. The van der Waals surface area contributed by atoms with Crippen molar-refractivity contribution in [3.63, 3.8) is 0 Å². The van der Waals surface area contributed by atoms with Gasteiger partial charge < -0.3 is 9.84 Å². The zero-order valence-corrected chi connectivity index (χ0v) is 13.4. The molecule has 8 heteroatoms. The quantitative estimate of drug-likeness (QED) is 0.713. The number of aliphatic carboxylic acids is 1. The third-order valence-corrected chi connectivity index (χ3v) is 6.00. The van der Waals surface area contributed by atoms with E-state index < -0.39 is 23.2 Å². The third kappa shape index (κ3) is 3.00. The maximum absolute atomic E-state index is 10.6.